The van der Waals surface area contributed by atoms with E-state index in [9.17, 15) is 4.79 Å². The monoisotopic (exact) mass is 348 g/mol. The van der Waals surface area contributed by atoms with Crippen LogP contribution in [0.2, 0.25) is 0 Å². The molecule has 2 aromatic heterocycles. The van der Waals surface area contributed by atoms with Gasteiger partial charge >= 0.3 is 0 Å². The lowest BCUT2D eigenvalue weighted by Crippen LogP contribution is -2.11. The van der Waals surface area contributed by atoms with Crippen LogP contribution in [0.25, 0.3) is 22.6 Å². The van der Waals surface area contributed by atoms with E-state index in [1.54, 1.807) is 11.3 Å². The first-order chi connectivity index (χ1) is 12.1. The molecule has 2 aromatic carbocycles. The van der Waals surface area contributed by atoms with E-state index in [2.05, 4.69) is 10.3 Å². The molecule has 0 fully saturated rings. The predicted octanol–water partition coefficient (Wildman–Crippen LogP) is 5.43. The lowest BCUT2D eigenvalue weighted by molar-refractivity contribution is 0.102. The SMILES string of the molecule is Cc1cc(C(=O)Nc2ccc(-c3nc4ccccc4o3)cc2)c(C)s1. The number of fused-ring (bicyclic) bond motifs is 1. The summed E-state index contributed by atoms with van der Waals surface area (Å²) >= 11 is 1.63. The van der Waals surface area contributed by atoms with Gasteiger partial charge in [-0.25, -0.2) is 4.98 Å². The molecule has 0 saturated carbocycles. The number of thiophene rings is 1. The van der Waals surface area contributed by atoms with Crippen LogP contribution in [0.1, 0.15) is 20.1 Å². The maximum Gasteiger partial charge on any atom is 0.256 e. The second kappa shape index (κ2) is 6.18. The average Bonchev–Trinajstić information content (AvgIpc) is 3.18. The first kappa shape index (κ1) is 15.6. The Morgan fingerprint density at radius 1 is 1.08 bits per heavy atom. The highest BCUT2D eigenvalue weighted by atomic mass is 32.1. The summed E-state index contributed by atoms with van der Waals surface area (Å²) in [6.45, 7) is 3.96. The minimum atomic E-state index is -0.0866. The number of anilines is 1. The van der Waals surface area contributed by atoms with Crippen LogP contribution in [-0.4, -0.2) is 10.9 Å². The van der Waals surface area contributed by atoms with Gasteiger partial charge < -0.3 is 9.73 Å². The number of rotatable bonds is 3. The van der Waals surface area contributed by atoms with Crippen LogP contribution in [0, 0.1) is 13.8 Å². The summed E-state index contributed by atoms with van der Waals surface area (Å²) in [5.74, 6) is 0.486. The fourth-order valence-electron chi connectivity index (χ4n) is 2.75. The normalized spacial score (nSPS) is 11.0. The van der Waals surface area contributed by atoms with Crippen molar-refractivity contribution in [3.05, 3.63) is 69.9 Å². The number of nitrogens with zero attached hydrogens (tertiary/aromatic N) is 1. The Labute approximate surface area is 149 Å². The summed E-state index contributed by atoms with van der Waals surface area (Å²) in [5.41, 5.74) is 3.94. The van der Waals surface area contributed by atoms with Gasteiger partial charge in [0, 0.05) is 21.0 Å². The molecule has 0 saturated heterocycles. The third-order valence-corrected chi connectivity index (χ3v) is 4.94. The van der Waals surface area contributed by atoms with Gasteiger partial charge in [-0.2, -0.15) is 0 Å². The molecular weight excluding hydrogens is 332 g/mol. The Morgan fingerprint density at radius 2 is 1.84 bits per heavy atom. The van der Waals surface area contributed by atoms with Crippen molar-refractivity contribution < 1.29 is 9.21 Å². The number of para-hydroxylation sites is 2. The lowest BCUT2D eigenvalue weighted by atomic mass is 10.2. The van der Waals surface area contributed by atoms with E-state index in [1.807, 2.05) is 68.4 Å². The number of hydrogen-bond donors (Lipinski definition) is 1. The smallest absolute Gasteiger partial charge is 0.256 e. The van der Waals surface area contributed by atoms with Crippen molar-refractivity contribution in [3.8, 4) is 11.5 Å². The number of aromatic nitrogens is 1. The first-order valence-corrected chi connectivity index (χ1v) is 8.76. The molecule has 4 nitrogen and oxygen atoms in total. The van der Waals surface area contributed by atoms with Crippen molar-refractivity contribution in [2.75, 3.05) is 5.32 Å². The van der Waals surface area contributed by atoms with Crippen LogP contribution in [0.3, 0.4) is 0 Å². The highest BCUT2D eigenvalue weighted by molar-refractivity contribution is 7.12. The van der Waals surface area contributed by atoms with E-state index in [4.69, 9.17) is 4.42 Å². The number of oxazole rings is 1. The van der Waals surface area contributed by atoms with Crippen molar-refractivity contribution >= 4 is 34.0 Å². The van der Waals surface area contributed by atoms with Crippen LogP contribution < -0.4 is 5.32 Å². The van der Waals surface area contributed by atoms with E-state index in [0.29, 0.717) is 5.89 Å². The van der Waals surface area contributed by atoms with Crippen molar-refractivity contribution in [1.82, 2.24) is 4.98 Å². The third-order valence-electron chi connectivity index (χ3n) is 3.97. The topological polar surface area (TPSA) is 55.1 Å². The molecule has 4 aromatic rings. The predicted molar refractivity (Wildman–Crippen MR) is 101 cm³/mol. The Hall–Kier alpha value is -2.92. The van der Waals surface area contributed by atoms with Crippen molar-refractivity contribution in [2.24, 2.45) is 0 Å². The van der Waals surface area contributed by atoms with Gasteiger partial charge in [0.1, 0.15) is 5.52 Å². The largest absolute Gasteiger partial charge is 0.436 e. The molecule has 0 aliphatic rings. The van der Waals surface area contributed by atoms with Crippen LogP contribution in [-0.2, 0) is 0 Å². The molecule has 124 valence electrons. The summed E-state index contributed by atoms with van der Waals surface area (Å²) in [4.78, 5) is 19.0. The Balaban J connectivity index is 1.55. The highest BCUT2D eigenvalue weighted by Crippen LogP contribution is 2.26. The van der Waals surface area contributed by atoms with Gasteiger partial charge in [-0.15, -0.1) is 11.3 Å². The number of aryl methyl sites for hydroxylation is 2. The molecule has 0 unspecified atom stereocenters. The van der Waals surface area contributed by atoms with Gasteiger partial charge in [0.25, 0.3) is 5.91 Å². The van der Waals surface area contributed by atoms with Crippen LogP contribution in [0.15, 0.2) is 59.0 Å². The molecule has 0 aliphatic heterocycles. The van der Waals surface area contributed by atoms with E-state index in [-0.39, 0.29) is 5.91 Å². The van der Waals surface area contributed by atoms with Gasteiger partial charge in [0.15, 0.2) is 5.58 Å². The number of nitrogens with one attached hydrogen (secondary N) is 1. The minimum absolute atomic E-state index is 0.0866. The number of benzene rings is 2. The zero-order valence-electron chi connectivity index (χ0n) is 13.9. The number of carbonyl (C=O) groups excluding carboxylic acids is 1. The fraction of sp³-hybridized carbons (Fsp3) is 0.100. The molecule has 0 atom stereocenters. The summed E-state index contributed by atoms with van der Waals surface area (Å²) in [5, 5.41) is 2.93. The highest BCUT2D eigenvalue weighted by Gasteiger charge is 2.13. The quantitative estimate of drug-likeness (QED) is 0.537. The summed E-state index contributed by atoms with van der Waals surface area (Å²) in [6, 6.07) is 17.1. The second-order valence-electron chi connectivity index (χ2n) is 5.85. The van der Waals surface area contributed by atoms with Gasteiger partial charge in [0.2, 0.25) is 5.89 Å². The van der Waals surface area contributed by atoms with E-state index in [1.165, 1.54) is 0 Å². The maximum atomic E-state index is 12.4. The summed E-state index contributed by atoms with van der Waals surface area (Å²) < 4.78 is 5.77. The average molecular weight is 348 g/mol. The summed E-state index contributed by atoms with van der Waals surface area (Å²) in [6.07, 6.45) is 0. The molecule has 5 heteroatoms. The number of amides is 1. The molecule has 0 radical (unpaired) electrons. The molecule has 0 aliphatic carbocycles. The van der Waals surface area contributed by atoms with Crippen molar-refractivity contribution in [3.63, 3.8) is 0 Å². The molecule has 1 N–H and O–H groups in total. The van der Waals surface area contributed by atoms with Crippen LogP contribution in [0.5, 0.6) is 0 Å². The Kier molecular flexibility index (Phi) is 3.86. The fourth-order valence-corrected chi connectivity index (χ4v) is 3.67. The molecule has 4 rings (SSSR count). The van der Waals surface area contributed by atoms with Gasteiger partial charge in [0.05, 0.1) is 5.56 Å². The molecule has 0 spiro atoms. The van der Waals surface area contributed by atoms with E-state index >= 15 is 0 Å². The van der Waals surface area contributed by atoms with Gasteiger partial charge in [-0.3, -0.25) is 4.79 Å². The summed E-state index contributed by atoms with van der Waals surface area (Å²) in [7, 11) is 0. The zero-order chi connectivity index (χ0) is 17.4. The molecule has 25 heavy (non-hydrogen) atoms. The van der Waals surface area contributed by atoms with E-state index in [0.717, 1.165) is 37.7 Å². The Bertz CT molecular complexity index is 1030. The first-order valence-electron chi connectivity index (χ1n) is 7.94. The molecule has 1 amide bonds. The number of carbonyl (C=O) groups is 1. The third kappa shape index (κ3) is 3.06. The molecular formula is C20H16N2O2S. The second-order valence-corrected chi connectivity index (χ2v) is 7.31. The van der Waals surface area contributed by atoms with E-state index < -0.39 is 0 Å². The maximum absolute atomic E-state index is 12.4. The molecule has 2 heterocycles. The minimum Gasteiger partial charge on any atom is -0.436 e. The Morgan fingerprint density at radius 3 is 2.52 bits per heavy atom. The van der Waals surface area contributed by atoms with Gasteiger partial charge in [-0.05, 0) is 56.3 Å². The zero-order valence-corrected chi connectivity index (χ0v) is 14.7. The number of hydrogen-bond acceptors (Lipinski definition) is 4. The van der Waals surface area contributed by atoms with Crippen molar-refractivity contribution in [1.29, 1.82) is 0 Å². The molecule has 0 bridgehead atoms. The standard InChI is InChI=1S/C20H16N2O2S/c1-12-11-16(13(2)25-12)19(23)21-15-9-7-14(8-10-15)20-22-17-5-3-4-6-18(17)24-20/h3-11H,1-2H3,(H,21,23). The van der Waals surface area contributed by atoms with Gasteiger partial charge in [-0.1, -0.05) is 12.1 Å². The lowest BCUT2D eigenvalue weighted by Gasteiger charge is -2.05. The van der Waals surface area contributed by atoms with Crippen LogP contribution in [0.4, 0.5) is 5.69 Å². The van der Waals surface area contributed by atoms with Crippen LogP contribution >= 0.6 is 11.3 Å². The van der Waals surface area contributed by atoms with Crippen molar-refractivity contribution in [2.45, 2.75) is 13.8 Å².